The number of carbonyl (C=O) groups excluding carboxylic acids is 1. The van der Waals surface area contributed by atoms with Crippen molar-refractivity contribution in [3.05, 3.63) is 60.4 Å². The molecule has 2 N–H and O–H groups in total. The first kappa shape index (κ1) is 19.0. The molecule has 0 unspecified atom stereocenters. The van der Waals surface area contributed by atoms with E-state index in [0.29, 0.717) is 6.42 Å². The Bertz CT molecular complexity index is 957. The maximum Gasteiger partial charge on any atom is 0.224 e. The number of para-hydroxylation sites is 1. The fourth-order valence-electron chi connectivity index (χ4n) is 3.76. The number of aromatic nitrogens is 3. The first-order chi connectivity index (χ1) is 14.2. The summed E-state index contributed by atoms with van der Waals surface area (Å²) < 4.78 is 5.35. The molecule has 0 saturated carbocycles. The maximum absolute atomic E-state index is 12.6. The fraction of sp³-hybridized carbons (Fsp3) is 0.318. The molecule has 1 aromatic carbocycles. The number of amides is 1. The number of methoxy groups -OCH3 is 1. The average Bonchev–Trinajstić information content (AvgIpc) is 3.25. The summed E-state index contributed by atoms with van der Waals surface area (Å²) in [4.78, 5) is 18.8. The molecule has 1 fully saturated rings. The van der Waals surface area contributed by atoms with Gasteiger partial charge in [0, 0.05) is 48.7 Å². The van der Waals surface area contributed by atoms with Gasteiger partial charge in [-0.15, -0.1) is 0 Å². The Morgan fingerprint density at radius 2 is 2.10 bits per heavy atom. The third-order valence-electron chi connectivity index (χ3n) is 5.21. The van der Waals surface area contributed by atoms with Gasteiger partial charge in [-0.1, -0.05) is 18.2 Å². The van der Waals surface area contributed by atoms with Crippen LogP contribution in [0.25, 0.3) is 11.3 Å². The molecule has 7 heteroatoms. The number of H-pyrrole nitrogens is 1. The van der Waals surface area contributed by atoms with E-state index in [1.807, 2.05) is 42.5 Å². The van der Waals surface area contributed by atoms with Gasteiger partial charge in [-0.05, 0) is 31.0 Å². The number of rotatable bonds is 6. The van der Waals surface area contributed by atoms with E-state index < -0.39 is 0 Å². The molecule has 1 aliphatic rings. The highest BCUT2D eigenvalue weighted by Gasteiger charge is 2.23. The third-order valence-corrected chi connectivity index (χ3v) is 5.21. The van der Waals surface area contributed by atoms with Crippen molar-refractivity contribution in [2.75, 3.05) is 25.1 Å². The van der Waals surface area contributed by atoms with Crippen LogP contribution in [0.3, 0.4) is 0 Å². The number of carbonyl (C=O) groups is 1. The van der Waals surface area contributed by atoms with E-state index in [0.717, 1.165) is 54.3 Å². The number of ether oxygens (including phenoxy) is 1. The summed E-state index contributed by atoms with van der Waals surface area (Å²) in [6.45, 7) is 1.68. The van der Waals surface area contributed by atoms with E-state index in [2.05, 4.69) is 25.4 Å². The molecule has 4 rings (SSSR count). The topological polar surface area (TPSA) is 83.1 Å². The molecule has 29 heavy (non-hydrogen) atoms. The molecule has 1 amide bonds. The summed E-state index contributed by atoms with van der Waals surface area (Å²) in [7, 11) is 1.62. The molecule has 1 aliphatic heterocycles. The second-order valence-corrected chi connectivity index (χ2v) is 7.22. The number of pyridine rings is 1. The molecule has 3 heterocycles. The van der Waals surface area contributed by atoms with Crippen LogP contribution in [0.4, 0.5) is 5.82 Å². The minimum Gasteiger partial charge on any atom is -0.496 e. The summed E-state index contributed by atoms with van der Waals surface area (Å²) >= 11 is 0. The van der Waals surface area contributed by atoms with Crippen LogP contribution in [-0.4, -0.2) is 47.3 Å². The first-order valence-corrected chi connectivity index (χ1v) is 9.85. The zero-order chi connectivity index (χ0) is 20.1. The van der Waals surface area contributed by atoms with E-state index >= 15 is 0 Å². The van der Waals surface area contributed by atoms with Gasteiger partial charge in [-0.3, -0.25) is 14.9 Å². The zero-order valence-corrected chi connectivity index (χ0v) is 16.5. The van der Waals surface area contributed by atoms with Gasteiger partial charge in [0.15, 0.2) is 5.82 Å². The van der Waals surface area contributed by atoms with Gasteiger partial charge in [0.2, 0.25) is 5.91 Å². The Kier molecular flexibility index (Phi) is 5.74. The lowest BCUT2D eigenvalue weighted by molar-refractivity contribution is -0.121. The van der Waals surface area contributed by atoms with Crippen LogP contribution in [0.15, 0.2) is 54.9 Å². The second-order valence-electron chi connectivity index (χ2n) is 7.22. The van der Waals surface area contributed by atoms with Crippen molar-refractivity contribution in [1.29, 1.82) is 0 Å². The van der Waals surface area contributed by atoms with Crippen LogP contribution in [0.5, 0.6) is 5.75 Å². The van der Waals surface area contributed by atoms with Gasteiger partial charge in [-0.25, -0.2) is 0 Å². The molecular formula is C22H25N5O2. The Balaban J connectivity index is 1.37. The summed E-state index contributed by atoms with van der Waals surface area (Å²) in [5.41, 5.74) is 2.91. The van der Waals surface area contributed by atoms with Crippen LogP contribution in [-0.2, 0) is 11.2 Å². The Morgan fingerprint density at radius 3 is 2.93 bits per heavy atom. The van der Waals surface area contributed by atoms with Gasteiger partial charge < -0.3 is 15.0 Å². The van der Waals surface area contributed by atoms with E-state index in [1.165, 1.54) is 0 Å². The molecule has 150 valence electrons. The number of nitrogens with one attached hydrogen (secondary N) is 2. The summed E-state index contributed by atoms with van der Waals surface area (Å²) in [5, 5.41) is 10.7. The minimum atomic E-state index is 0.0147. The number of anilines is 1. The summed E-state index contributed by atoms with van der Waals surface area (Å²) in [5.74, 6) is 1.66. The molecular weight excluding hydrogens is 366 g/mol. The fourth-order valence-corrected chi connectivity index (χ4v) is 3.76. The third kappa shape index (κ3) is 4.56. The van der Waals surface area contributed by atoms with Crippen molar-refractivity contribution in [2.24, 2.45) is 0 Å². The summed E-state index contributed by atoms with van der Waals surface area (Å²) in [6.07, 6.45) is 5.83. The van der Waals surface area contributed by atoms with Crippen molar-refractivity contribution >= 4 is 11.7 Å². The smallest absolute Gasteiger partial charge is 0.224 e. The quantitative estimate of drug-likeness (QED) is 0.675. The van der Waals surface area contributed by atoms with Gasteiger partial charge in [0.25, 0.3) is 0 Å². The molecule has 0 bridgehead atoms. The highest BCUT2D eigenvalue weighted by Crippen LogP contribution is 2.24. The number of aromatic amines is 1. The van der Waals surface area contributed by atoms with Gasteiger partial charge >= 0.3 is 0 Å². The van der Waals surface area contributed by atoms with Crippen molar-refractivity contribution in [2.45, 2.75) is 25.3 Å². The van der Waals surface area contributed by atoms with Crippen molar-refractivity contribution in [3.63, 3.8) is 0 Å². The van der Waals surface area contributed by atoms with Gasteiger partial charge in [-0.2, -0.15) is 5.10 Å². The van der Waals surface area contributed by atoms with E-state index in [4.69, 9.17) is 4.74 Å². The van der Waals surface area contributed by atoms with Crippen LogP contribution in [0.1, 0.15) is 18.4 Å². The molecule has 1 atom stereocenters. The van der Waals surface area contributed by atoms with Crippen LogP contribution < -0.4 is 15.0 Å². The zero-order valence-electron chi connectivity index (χ0n) is 16.5. The molecule has 1 saturated heterocycles. The monoisotopic (exact) mass is 391 g/mol. The number of hydrogen-bond donors (Lipinski definition) is 2. The molecule has 3 aromatic rings. The van der Waals surface area contributed by atoms with Crippen molar-refractivity contribution in [1.82, 2.24) is 20.5 Å². The Hall–Kier alpha value is -3.35. The number of piperidine rings is 1. The SMILES string of the molecule is COc1ccccc1CC(=O)N[C@@H]1CCCN(c2cc(-c3ccncc3)[nH]n2)C1. The van der Waals surface area contributed by atoms with E-state index in [1.54, 1.807) is 19.5 Å². The van der Waals surface area contributed by atoms with Gasteiger partial charge in [0.05, 0.1) is 19.2 Å². The van der Waals surface area contributed by atoms with E-state index in [9.17, 15) is 4.79 Å². The lowest BCUT2D eigenvalue weighted by Crippen LogP contribution is -2.48. The normalized spacial score (nSPS) is 16.4. The van der Waals surface area contributed by atoms with Crippen LogP contribution >= 0.6 is 0 Å². The van der Waals surface area contributed by atoms with Gasteiger partial charge in [0.1, 0.15) is 5.75 Å². The lowest BCUT2D eigenvalue weighted by atomic mass is 10.0. The van der Waals surface area contributed by atoms with Crippen LogP contribution in [0.2, 0.25) is 0 Å². The highest BCUT2D eigenvalue weighted by molar-refractivity contribution is 5.79. The minimum absolute atomic E-state index is 0.0147. The predicted octanol–water partition coefficient (Wildman–Crippen LogP) is 2.81. The molecule has 0 spiro atoms. The van der Waals surface area contributed by atoms with Crippen LogP contribution in [0, 0.1) is 0 Å². The van der Waals surface area contributed by atoms with Crippen molar-refractivity contribution < 1.29 is 9.53 Å². The Labute approximate surface area is 170 Å². The molecule has 7 nitrogen and oxygen atoms in total. The average molecular weight is 391 g/mol. The largest absolute Gasteiger partial charge is 0.496 e. The molecule has 0 radical (unpaired) electrons. The number of nitrogens with zero attached hydrogens (tertiary/aromatic N) is 3. The molecule has 0 aliphatic carbocycles. The first-order valence-electron chi connectivity index (χ1n) is 9.85. The lowest BCUT2D eigenvalue weighted by Gasteiger charge is -2.33. The maximum atomic E-state index is 12.6. The van der Waals surface area contributed by atoms with Crippen molar-refractivity contribution in [3.8, 4) is 17.0 Å². The standard InChI is InChI=1S/C22H25N5O2/c1-29-20-7-3-2-5-17(20)13-22(28)24-18-6-4-12-27(15-18)21-14-19(25-26-21)16-8-10-23-11-9-16/h2-3,5,7-11,14,18H,4,6,12-13,15H2,1H3,(H,24,28)(H,25,26)/t18-/m1/s1. The van der Waals surface area contributed by atoms with E-state index in [-0.39, 0.29) is 11.9 Å². The highest BCUT2D eigenvalue weighted by atomic mass is 16.5. The number of benzene rings is 1. The predicted molar refractivity (Wildman–Crippen MR) is 112 cm³/mol. The molecule has 2 aromatic heterocycles. The Morgan fingerprint density at radius 1 is 1.28 bits per heavy atom. The number of hydrogen-bond acceptors (Lipinski definition) is 5. The summed E-state index contributed by atoms with van der Waals surface area (Å²) in [6, 6.07) is 13.7. The second kappa shape index (κ2) is 8.77.